The summed E-state index contributed by atoms with van der Waals surface area (Å²) in [7, 11) is 1.49. The Bertz CT molecular complexity index is 674. The first-order chi connectivity index (χ1) is 10.0. The molecule has 4 N–H and O–H groups in total. The van der Waals surface area contributed by atoms with Gasteiger partial charge in [0.25, 0.3) is 0 Å². The number of carbonyl (C=O) groups is 1. The molecule has 6 heteroatoms. The number of ether oxygens (including phenoxy) is 2. The summed E-state index contributed by atoms with van der Waals surface area (Å²) in [6.07, 6.45) is 0. The van der Waals surface area contributed by atoms with Gasteiger partial charge in [-0.3, -0.25) is 4.79 Å². The second-order valence-corrected chi connectivity index (χ2v) is 4.37. The van der Waals surface area contributed by atoms with Crippen LogP contribution in [0.2, 0.25) is 0 Å². The van der Waals surface area contributed by atoms with Gasteiger partial charge < -0.3 is 20.9 Å². The number of anilines is 1. The fraction of sp³-hybridized carbons (Fsp3) is 0.133. The molecule has 0 aliphatic heterocycles. The maximum absolute atomic E-state index is 13.7. The molecule has 0 atom stereocenters. The molecule has 0 aliphatic carbocycles. The average molecular weight is 290 g/mol. The van der Waals surface area contributed by atoms with Crippen molar-refractivity contribution in [3.63, 3.8) is 0 Å². The molecule has 0 spiro atoms. The highest BCUT2D eigenvalue weighted by atomic mass is 19.1. The zero-order valence-electron chi connectivity index (χ0n) is 11.4. The van der Waals surface area contributed by atoms with Gasteiger partial charge in [-0.2, -0.15) is 0 Å². The smallest absolute Gasteiger partial charge is 0.248 e. The first-order valence-corrected chi connectivity index (χ1v) is 6.16. The van der Waals surface area contributed by atoms with Gasteiger partial charge in [0, 0.05) is 22.9 Å². The molecule has 2 aromatic carbocycles. The molecule has 2 aromatic rings. The second kappa shape index (κ2) is 6.13. The van der Waals surface area contributed by atoms with Crippen LogP contribution in [0.3, 0.4) is 0 Å². The van der Waals surface area contributed by atoms with Crippen LogP contribution in [0.5, 0.6) is 11.5 Å². The molecule has 0 fully saturated rings. The van der Waals surface area contributed by atoms with Gasteiger partial charge in [0.2, 0.25) is 5.91 Å². The molecular formula is C15H15FN2O3. The van der Waals surface area contributed by atoms with E-state index in [4.69, 9.17) is 20.9 Å². The second-order valence-electron chi connectivity index (χ2n) is 4.37. The standard InChI is InChI=1S/C15H15FN2O3/c1-20-13-5-3-11(17)7-14(13)21-8-10-6-9(15(18)19)2-4-12(10)16/h2-7H,8,17H2,1H3,(H2,18,19). The minimum Gasteiger partial charge on any atom is -0.493 e. The van der Waals surface area contributed by atoms with Crippen LogP contribution in [-0.4, -0.2) is 13.0 Å². The van der Waals surface area contributed by atoms with E-state index in [2.05, 4.69) is 0 Å². The van der Waals surface area contributed by atoms with Crippen LogP contribution in [-0.2, 0) is 6.61 Å². The van der Waals surface area contributed by atoms with Gasteiger partial charge in [-0.05, 0) is 30.3 Å². The van der Waals surface area contributed by atoms with Gasteiger partial charge in [-0.1, -0.05) is 0 Å². The van der Waals surface area contributed by atoms with Gasteiger partial charge in [0.1, 0.15) is 12.4 Å². The average Bonchev–Trinajstić information content (AvgIpc) is 2.46. The summed E-state index contributed by atoms with van der Waals surface area (Å²) in [5, 5.41) is 0. The number of carbonyl (C=O) groups excluding carboxylic acids is 1. The number of hydrogen-bond donors (Lipinski definition) is 2. The van der Waals surface area contributed by atoms with Crippen molar-refractivity contribution >= 4 is 11.6 Å². The predicted molar refractivity (Wildman–Crippen MR) is 76.7 cm³/mol. The van der Waals surface area contributed by atoms with E-state index >= 15 is 0 Å². The summed E-state index contributed by atoms with van der Waals surface area (Å²) in [5.41, 5.74) is 11.8. The van der Waals surface area contributed by atoms with Crippen molar-refractivity contribution in [1.82, 2.24) is 0 Å². The van der Waals surface area contributed by atoms with Crippen LogP contribution in [0.1, 0.15) is 15.9 Å². The molecule has 0 unspecified atom stereocenters. The lowest BCUT2D eigenvalue weighted by Crippen LogP contribution is -2.12. The van der Waals surface area contributed by atoms with Crippen molar-refractivity contribution < 1.29 is 18.7 Å². The third kappa shape index (κ3) is 3.42. The molecule has 0 saturated heterocycles. The summed E-state index contributed by atoms with van der Waals surface area (Å²) in [5.74, 6) is -0.238. The molecular weight excluding hydrogens is 275 g/mol. The Morgan fingerprint density at radius 3 is 2.62 bits per heavy atom. The maximum atomic E-state index is 13.7. The maximum Gasteiger partial charge on any atom is 0.248 e. The highest BCUT2D eigenvalue weighted by molar-refractivity contribution is 5.92. The Kier molecular flexibility index (Phi) is 4.27. The fourth-order valence-corrected chi connectivity index (χ4v) is 1.80. The van der Waals surface area contributed by atoms with Gasteiger partial charge in [0.15, 0.2) is 11.5 Å². The predicted octanol–water partition coefficient (Wildman–Crippen LogP) is 2.09. The summed E-state index contributed by atoms with van der Waals surface area (Å²) >= 11 is 0. The van der Waals surface area contributed by atoms with Crippen LogP contribution in [0.25, 0.3) is 0 Å². The molecule has 2 rings (SSSR count). The molecule has 0 saturated carbocycles. The third-order valence-electron chi connectivity index (χ3n) is 2.90. The monoisotopic (exact) mass is 290 g/mol. The number of amides is 1. The van der Waals surface area contributed by atoms with Crippen molar-refractivity contribution in [2.24, 2.45) is 5.73 Å². The highest BCUT2D eigenvalue weighted by Crippen LogP contribution is 2.30. The molecule has 0 aromatic heterocycles. The van der Waals surface area contributed by atoms with Crippen LogP contribution < -0.4 is 20.9 Å². The molecule has 0 heterocycles. The number of hydrogen-bond acceptors (Lipinski definition) is 4. The van der Waals surface area contributed by atoms with E-state index in [1.165, 1.54) is 25.3 Å². The Balaban J connectivity index is 2.22. The minimum absolute atomic E-state index is 0.0766. The lowest BCUT2D eigenvalue weighted by molar-refractivity contribution is 0.1000. The highest BCUT2D eigenvalue weighted by Gasteiger charge is 2.10. The van der Waals surface area contributed by atoms with E-state index in [1.807, 2.05) is 0 Å². The third-order valence-corrected chi connectivity index (χ3v) is 2.90. The van der Waals surface area contributed by atoms with E-state index < -0.39 is 11.7 Å². The van der Waals surface area contributed by atoms with E-state index in [9.17, 15) is 9.18 Å². The van der Waals surface area contributed by atoms with Crippen molar-refractivity contribution in [2.45, 2.75) is 6.61 Å². The number of primary amides is 1. The van der Waals surface area contributed by atoms with E-state index in [1.54, 1.807) is 18.2 Å². The Labute approximate surface area is 121 Å². The van der Waals surface area contributed by atoms with Crippen molar-refractivity contribution in [2.75, 3.05) is 12.8 Å². The molecule has 110 valence electrons. The van der Waals surface area contributed by atoms with Gasteiger partial charge in [0.05, 0.1) is 7.11 Å². The first kappa shape index (κ1) is 14.6. The Morgan fingerprint density at radius 1 is 1.19 bits per heavy atom. The molecule has 1 amide bonds. The van der Waals surface area contributed by atoms with E-state index in [0.717, 1.165) is 0 Å². The number of nitrogen functional groups attached to an aromatic ring is 1. The fourth-order valence-electron chi connectivity index (χ4n) is 1.80. The first-order valence-electron chi connectivity index (χ1n) is 6.16. The molecule has 0 bridgehead atoms. The number of benzene rings is 2. The molecule has 5 nitrogen and oxygen atoms in total. The van der Waals surface area contributed by atoms with E-state index in [-0.39, 0.29) is 17.7 Å². The summed E-state index contributed by atoms with van der Waals surface area (Å²) in [6.45, 7) is -0.0766. The molecule has 0 aliphatic rings. The number of methoxy groups -OCH3 is 1. The van der Waals surface area contributed by atoms with Crippen LogP contribution >= 0.6 is 0 Å². The number of nitrogens with two attached hydrogens (primary N) is 2. The van der Waals surface area contributed by atoms with E-state index in [0.29, 0.717) is 17.2 Å². The van der Waals surface area contributed by atoms with Crippen molar-refractivity contribution in [3.8, 4) is 11.5 Å². The topological polar surface area (TPSA) is 87.6 Å². The quantitative estimate of drug-likeness (QED) is 0.825. The normalized spacial score (nSPS) is 10.2. The lowest BCUT2D eigenvalue weighted by atomic mass is 10.1. The summed E-state index contributed by atoms with van der Waals surface area (Å²) in [4.78, 5) is 11.1. The SMILES string of the molecule is COc1ccc(N)cc1OCc1cc(C(N)=O)ccc1F. The molecule has 0 radical (unpaired) electrons. The lowest BCUT2D eigenvalue weighted by Gasteiger charge is -2.12. The summed E-state index contributed by atoms with van der Waals surface area (Å²) < 4.78 is 24.4. The van der Waals surface area contributed by atoms with Gasteiger partial charge >= 0.3 is 0 Å². The molecule has 21 heavy (non-hydrogen) atoms. The van der Waals surface area contributed by atoms with Crippen molar-refractivity contribution in [3.05, 3.63) is 53.3 Å². The zero-order chi connectivity index (χ0) is 15.4. The largest absolute Gasteiger partial charge is 0.493 e. The summed E-state index contributed by atoms with van der Waals surface area (Å²) in [6, 6.07) is 8.75. The number of halogens is 1. The van der Waals surface area contributed by atoms with Gasteiger partial charge in [-0.15, -0.1) is 0 Å². The Morgan fingerprint density at radius 2 is 1.95 bits per heavy atom. The van der Waals surface area contributed by atoms with Crippen molar-refractivity contribution in [1.29, 1.82) is 0 Å². The van der Waals surface area contributed by atoms with Gasteiger partial charge in [-0.25, -0.2) is 4.39 Å². The zero-order valence-corrected chi connectivity index (χ0v) is 11.4. The van der Waals surface area contributed by atoms with Crippen LogP contribution in [0, 0.1) is 5.82 Å². The minimum atomic E-state index is -0.627. The Hall–Kier alpha value is -2.76. The van der Waals surface area contributed by atoms with Crippen LogP contribution in [0.15, 0.2) is 36.4 Å². The van der Waals surface area contributed by atoms with Crippen LogP contribution in [0.4, 0.5) is 10.1 Å². The number of rotatable bonds is 5.